The minimum absolute atomic E-state index is 0.0768. The Labute approximate surface area is 168 Å². The van der Waals surface area contributed by atoms with Crippen LogP contribution in [0, 0.1) is 24.0 Å². The molecule has 1 spiro atoms. The predicted molar refractivity (Wildman–Crippen MR) is 102 cm³/mol. The van der Waals surface area contributed by atoms with Gasteiger partial charge in [-0.05, 0) is 19.8 Å². The molecule has 2 saturated carbocycles. The van der Waals surface area contributed by atoms with Crippen LogP contribution in [0.25, 0.3) is 10.9 Å². The maximum absolute atomic E-state index is 15.7. The lowest BCUT2D eigenvalue weighted by molar-refractivity contribution is 0.143. The first-order valence-electron chi connectivity index (χ1n) is 9.76. The average Bonchev–Trinajstić information content (AvgIpc) is 3.56. The number of alkyl halides is 1. The maximum Gasteiger partial charge on any atom is 0.511 e. The summed E-state index contributed by atoms with van der Waals surface area (Å²) in [5.74, 6) is -2.51. The van der Waals surface area contributed by atoms with Crippen LogP contribution in [0.5, 0.6) is 5.75 Å². The van der Waals surface area contributed by atoms with Crippen molar-refractivity contribution in [1.82, 2.24) is 4.57 Å². The number of halogens is 3. The number of fused-ring (bicyclic) bond motifs is 1. The lowest BCUT2D eigenvalue weighted by atomic mass is 10.0. The molecule has 7 nitrogen and oxygen atoms in total. The number of carboxylic acid groups (broad SMARTS) is 1. The fraction of sp³-hybridized carbons (Fsp3) is 0.500. The molecule has 0 amide bonds. The first-order chi connectivity index (χ1) is 14.1. The third-order valence-electron chi connectivity index (χ3n) is 6.68. The molecule has 2 heterocycles. The lowest BCUT2D eigenvalue weighted by Gasteiger charge is -2.24. The number of aromatic nitrogens is 1. The number of anilines is 1. The third kappa shape index (κ3) is 2.62. The SMILES string of the molecule is Cc1c(F)c(N2C[C@@H](N)C3(CC3)C2)c(F)c2c1c(=O)c(OC(=O)O)cn2[C@@H]1C[C@@H]1F. The van der Waals surface area contributed by atoms with Gasteiger partial charge in [-0.1, -0.05) is 0 Å². The molecule has 2 aliphatic carbocycles. The molecule has 1 aromatic carbocycles. The minimum Gasteiger partial charge on any atom is -0.449 e. The molecular weight excluding hydrogens is 403 g/mol. The largest absolute Gasteiger partial charge is 0.511 e. The van der Waals surface area contributed by atoms with Gasteiger partial charge in [-0.3, -0.25) is 4.79 Å². The van der Waals surface area contributed by atoms with Crippen LogP contribution in [0.3, 0.4) is 0 Å². The Morgan fingerprint density at radius 3 is 2.53 bits per heavy atom. The summed E-state index contributed by atoms with van der Waals surface area (Å²) in [4.78, 5) is 25.3. The van der Waals surface area contributed by atoms with E-state index in [0.717, 1.165) is 23.6 Å². The number of nitrogens with zero attached hydrogens (tertiary/aromatic N) is 2. The Kier molecular flexibility index (Phi) is 3.93. The van der Waals surface area contributed by atoms with E-state index >= 15 is 8.78 Å². The smallest absolute Gasteiger partial charge is 0.449 e. The number of benzene rings is 1. The first-order valence-corrected chi connectivity index (χ1v) is 9.76. The van der Waals surface area contributed by atoms with Gasteiger partial charge in [0.25, 0.3) is 0 Å². The van der Waals surface area contributed by atoms with E-state index in [2.05, 4.69) is 4.74 Å². The van der Waals surface area contributed by atoms with Crippen LogP contribution >= 0.6 is 0 Å². The molecular formula is C20H20F3N3O4. The molecule has 1 aromatic heterocycles. The van der Waals surface area contributed by atoms with Crippen molar-refractivity contribution in [1.29, 1.82) is 0 Å². The standard InChI is InChI=1S/C20H20F3N3O4/c1-8-13-16(26(10-4-9(10)21)5-11(18(13)27)30-19(28)29)15(23)17(14(8)22)25-6-12(24)20(7-25)2-3-20/h5,9-10,12H,2-4,6-7,24H2,1H3,(H,28,29)/t9-,10+,12+/m0/s1. The highest BCUT2D eigenvalue weighted by Crippen LogP contribution is 2.53. The molecule has 160 valence electrons. The quantitative estimate of drug-likeness (QED) is 0.737. The number of carbonyl (C=O) groups is 1. The van der Waals surface area contributed by atoms with E-state index in [1.165, 1.54) is 6.92 Å². The average molecular weight is 423 g/mol. The highest BCUT2D eigenvalue weighted by Gasteiger charge is 2.54. The van der Waals surface area contributed by atoms with Gasteiger partial charge in [-0.25, -0.2) is 18.0 Å². The second-order valence-electron chi connectivity index (χ2n) is 8.59. The van der Waals surface area contributed by atoms with Crippen molar-refractivity contribution in [3.8, 4) is 5.75 Å². The Bertz CT molecular complexity index is 1160. The highest BCUT2D eigenvalue weighted by molar-refractivity contribution is 5.89. The maximum atomic E-state index is 15.7. The summed E-state index contributed by atoms with van der Waals surface area (Å²) in [5, 5.41) is 8.54. The molecule has 3 N–H and O–H groups in total. The van der Waals surface area contributed by atoms with Crippen LogP contribution in [-0.4, -0.2) is 41.1 Å². The molecule has 0 radical (unpaired) electrons. The lowest BCUT2D eigenvalue weighted by Crippen LogP contribution is -2.31. The topological polar surface area (TPSA) is 97.8 Å². The molecule has 30 heavy (non-hydrogen) atoms. The van der Waals surface area contributed by atoms with E-state index in [-0.39, 0.29) is 46.6 Å². The van der Waals surface area contributed by atoms with Gasteiger partial charge in [-0.15, -0.1) is 0 Å². The van der Waals surface area contributed by atoms with Crippen LogP contribution in [-0.2, 0) is 0 Å². The van der Waals surface area contributed by atoms with Crippen LogP contribution in [0.15, 0.2) is 11.0 Å². The van der Waals surface area contributed by atoms with Crippen LogP contribution in [0.4, 0.5) is 23.7 Å². The van der Waals surface area contributed by atoms with E-state index < -0.39 is 41.2 Å². The van der Waals surface area contributed by atoms with Crippen molar-refractivity contribution in [3.05, 3.63) is 33.6 Å². The van der Waals surface area contributed by atoms with Gasteiger partial charge in [-0.2, -0.15) is 0 Å². The third-order valence-corrected chi connectivity index (χ3v) is 6.68. The van der Waals surface area contributed by atoms with Gasteiger partial charge in [0.2, 0.25) is 5.43 Å². The summed E-state index contributed by atoms with van der Waals surface area (Å²) in [6.45, 7) is 2.00. The zero-order chi connectivity index (χ0) is 21.5. The molecule has 2 aromatic rings. The minimum atomic E-state index is -1.75. The number of nitrogens with two attached hydrogens (primary N) is 1. The molecule has 1 aliphatic heterocycles. The van der Waals surface area contributed by atoms with Crippen LogP contribution in [0.1, 0.15) is 30.9 Å². The second-order valence-corrected chi connectivity index (χ2v) is 8.59. The van der Waals surface area contributed by atoms with Crippen molar-refractivity contribution in [2.75, 3.05) is 18.0 Å². The summed E-state index contributed by atoms with van der Waals surface area (Å²) >= 11 is 0. The Hall–Kier alpha value is -2.75. The molecule has 10 heteroatoms. The number of hydrogen-bond donors (Lipinski definition) is 2. The van der Waals surface area contributed by atoms with E-state index in [0.29, 0.717) is 6.54 Å². The van der Waals surface area contributed by atoms with Crippen LogP contribution in [0.2, 0.25) is 0 Å². The van der Waals surface area contributed by atoms with Crippen LogP contribution < -0.4 is 20.8 Å². The summed E-state index contributed by atoms with van der Waals surface area (Å²) in [6.07, 6.45) is -0.170. The fourth-order valence-electron chi connectivity index (χ4n) is 4.67. The molecule has 3 aliphatic rings. The molecule has 0 unspecified atom stereocenters. The van der Waals surface area contributed by atoms with Gasteiger partial charge in [0.05, 0.1) is 23.1 Å². The van der Waals surface area contributed by atoms with Gasteiger partial charge >= 0.3 is 6.16 Å². The zero-order valence-corrected chi connectivity index (χ0v) is 16.1. The molecule has 3 atom stereocenters. The van der Waals surface area contributed by atoms with Crippen molar-refractivity contribution in [3.63, 3.8) is 0 Å². The van der Waals surface area contributed by atoms with E-state index in [9.17, 15) is 14.0 Å². The second kappa shape index (κ2) is 6.13. The van der Waals surface area contributed by atoms with Gasteiger partial charge in [0, 0.05) is 36.5 Å². The molecule has 5 rings (SSSR count). The zero-order valence-electron chi connectivity index (χ0n) is 16.1. The predicted octanol–water partition coefficient (Wildman–Crippen LogP) is 2.86. The van der Waals surface area contributed by atoms with E-state index in [1.807, 2.05) is 0 Å². The number of pyridine rings is 1. The number of aryl methyl sites for hydroxylation is 1. The van der Waals surface area contributed by atoms with Gasteiger partial charge in [0.15, 0.2) is 17.4 Å². The molecule has 3 fully saturated rings. The number of rotatable bonds is 3. The van der Waals surface area contributed by atoms with Gasteiger partial charge < -0.3 is 25.0 Å². The number of ether oxygens (including phenoxy) is 1. The summed E-state index contributed by atoms with van der Waals surface area (Å²) in [7, 11) is 0. The fourth-order valence-corrected chi connectivity index (χ4v) is 4.67. The van der Waals surface area contributed by atoms with Gasteiger partial charge in [0.1, 0.15) is 11.9 Å². The summed E-state index contributed by atoms with van der Waals surface area (Å²) in [5.41, 5.74) is 4.42. The van der Waals surface area contributed by atoms with Crippen molar-refractivity contribution < 1.29 is 27.8 Å². The van der Waals surface area contributed by atoms with E-state index in [4.69, 9.17) is 10.8 Å². The number of hydrogen-bond acceptors (Lipinski definition) is 5. The first kappa shape index (κ1) is 19.2. The molecule has 0 bridgehead atoms. The summed E-state index contributed by atoms with van der Waals surface area (Å²) in [6, 6.07) is -0.994. The highest BCUT2D eigenvalue weighted by atomic mass is 19.1. The summed E-state index contributed by atoms with van der Waals surface area (Å²) < 4.78 is 50.6. The van der Waals surface area contributed by atoms with Crippen molar-refractivity contribution in [2.24, 2.45) is 11.1 Å². The van der Waals surface area contributed by atoms with Crippen molar-refractivity contribution in [2.45, 2.75) is 44.4 Å². The Balaban J connectivity index is 1.77. The Morgan fingerprint density at radius 1 is 1.33 bits per heavy atom. The Morgan fingerprint density at radius 2 is 2.00 bits per heavy atom. The monoisotopic (exact) mass is 423 g/mol. The van der Waals surface area contributed by atoms with Crippen molar-refractivity contribution >= 4 is 22.7 Å². The normalized spacial score (nSPS) is 26.4. The van der Waals surface area contributed by atoms with E-state index in [1.54, 1.807) is 4.90 Å². The molecule has 1 saturated heterocycles.